The van der Waals surface area contributed by atoms with E-state index in [0.717, 1.165) is 22.0 Å². The molecule has 2 N–H and O–H groups in total. The molecule has 0 saturated heterocycles. The number of hydrogen-bond donors (Lipinski definition) is 2. The topological polar surface area (TPSA) is 62.0 Å². The third-order valence-electron chi connectivity index (χ3n) is 4.07. The summed E-state index contributed by atoms with van der Waals surface area (Å²) in [6, 6.07) is 13.6. The van der Waals surface area contributed by atoms with Gasteiger partial charge in [-0.15, -0.1) is 0 Å². The molecule has 2 aromatic carbocycles. The van der Waals surface area contributed by atoms with Crippen LogP contribution < -0.4 is 10.9 Å². The number of carbonyl (C=O) groups excluding carboxylic acids is 1. The smallest absolute Gasteiger partial charge is 0.251 e. The van der Waals surface area contributed by atoms with Crippen LogP contribution in [0.1, 0.15) is 16.7 Å². The van der Waals surface area contributed by atoms with Gasteiger partial charge in [-0.3, -0.25) is 9.59 Å². The predicted molar refractivity (Wildman–Crippen MR) is 96.1 cm³/mol. The molecule has 5 heteroatoms. The summed E-state index contributed by atoms with van der Waals surface area (Å²) in [7, 11) is 0. The Labute approximate surface area is 144 Å². The number of hydrogen-bond acceptors (Lipinski definition) is 2. The number of benzene rings is 2. The summed E-state index contributed by atoms with van der Waals surface area (Å²) in [5.41, 5.74) is 3.15. The lowest BCUT2D eigenvalue weighted by atomic mass is 10.1. The molecule has 0 spiro atoms. The van der Waals surface area contributed by atoms with Crippen LogP contribution in [0.15, 0.2) is 53.3 Å². The van der Waals surface area contributed by atoms with E-state index in [9.17, 15) is 14.0 Å². The highest BCUT2D eigenvalue weighted by molar-refractivity contribution is 5.80. The second kappa shape index (κ2) is 7.30. The largest absolute Gasteiger partial charge is 0.355 e. The van der Waals surface area contributed by atoms with Crippen molar-refractivity contribution < 1.29 is 9.18 Å². The molecule has 0 aliphatic heterocycles. The molecule has 0 saturated carbocycles. The van der Waals surface area contributed by atoms with E-state index in [1.807, 2.05) is 31.2 Å². The summed E-state index contributed by atoms with van der Waals surface area (Å²) in [4.78, 5) is 26.9. The van der Waals surface area contributed by atoms with E-state index < -0.39 is 0 Å². The van der Waals surface area contributed by atoms with Crippen molar-refractivity contribution in [1.82, 2.24) is 10.3 Å². The zero-order valence-electron chi connectivity index (χ0n) is 13.9. The van der Waals surface area contributed by atoms with Crippen molar-refractivity contribution in [3.63, 3.8) is 0 Å². The maximum atomic E-state index is 12.9. The van der Waals surface area contributed by atoms with Gasteiger partial charge in [0.05, 0.1) is 6.42 Å². The molecule has 0 aliphatic rings. The Hall–Kier alpha value is -2.95. The van der Waals surface area contributed by atoms with Crippen molar-refractivity contribution in [1.29, 1.82) is 0 Å². The first kappa shape index (κ1) is 16.9. The standard InChI is InChI=1S/C20H19FN2O2/c1-13-2-5-15-12-16(20(25)23-18(15)10-13)8-9-22-19(24)11-14-3-6-17(21)7-4-14/h2-7,10,12H,8-9,11H2,1H3,(H,22,24)(H,23,25). The van der Waals surface area contributed by atoms with Crippen LogP contribution in [0.25, 0.3) is 10.9 Å². The Morgan fingerprint density at radius 3 is 2.64 bits per heavy atom. The monoisotopic (exact) mass is 338 g/mol. The van der Waals surface area contributed by atoms with E-state index in [-0.39, 0.29) is 23.7 Å². The maximum Gasteiger partial charge on any atom is 0.251 e. The number of aromatic amines is 1. The average Bonchev–Trinajstić information content (AvgIpc) is 2.57. The third kappa shape index (κ3) is 4.32. The SMILES string of the molecule is Cc1ccc2cc(CCNC(=O)Cc3ccc(F)cc3)c(=O)[nH]c2c1. The summed E-state index contributed by atoms with van der Waals surface area (Å²) in [5.74, 6) is -0.477. The van der Waals surface area contributed by atoms with Gasteiger partial charge in [0.25, 0.3) is 5.56 Å². The van der Waals surface area contributed by atoms with Crippen molar-refractivity contribution >= 4 is 16.8 Å². The minimum Gasteiger partial charge on any atom is -0.355 e. The van der Waals surface area contributed by atoms with Gasteiger partial charge >= 0.3 is 0 Å². The number of aromatic nitrogens is 1. The molecule has 1 amide bonds. The number of pyridine rings is 1. The highest BCUT2D eigenvalue weighted by Crippen LogP contribution is 2.13. The van der Waals surface area contributed by atoms with Gasteiger partial charge in [0.2, 0.25) is 5.91 Å². The van der Waals surface area contributed by atoms with Crippen LogP contribution in [-0.4, -0.2) is 17.4 Å². The molecule has 0 atom stereocenters. The summed E-state index contributed by atoms with van der Waals surface area (Å²) in [5, 5.41) is 3.76. The molecule has 128 valence electrons. The molecule has 4 nitrogen and oxygen atoms in total. The number of amides is 1. The second-order valence-electron chi connectivity index (χ2n) is 6.12. The highest BCUT2D eigenvalue weighted by Gasteiger charge is 2.06. The predicted octanol–water partition coefficient (Wildman–Crippen LogP) is 2.88. The van der Waals surface area contributed by atoms with Gasteiger partial charge in [0.15, 0.2) is 0 Å². The number of fused-ring (bicyclic) bond motifs is 1. The Morgan fingerprint density at radius 1 is 1.12 bits per heavy atom. The molecule has 0 fully saturated rings. The Balaban J connectivity index is 1.60. The first-order valence-electron chi connectivity index (χ1n) is 8.15. The molecule has 3 rings (SSSR count). The number of carbonyl (C=O) groups is 1. The van der Waals surface area contributed by atoms with E-state index >= 15 is 0 Å². The lowest BCUT2D eigenvalue weighted by Crippen LogP contribution is -2.28. The van der Waals surface area contributed by atoms with E-state index in [1.54, 1.807) is 12.1 Å². The molecular formula is C20H19FN2O2. The van der Waals surface area contributed by atoms with Crippen LogP contribution in [0.5, 0.6) is 0 Å². The molecule has 1 heterocycles. The van der Waals surface area contributed by atoms with Gasteiger partial charge in [-0.1, -0.05) is 24.3 Å². The van der Waals surface area contributed by atoms with E-state index in [1.165, 1.54) is 12.1 Å². The molecule has 0 radical (unpaired) electrons. The fourth-order valence-corrected chi connectivity index (χ4v) is 2.73. The minimum atomic E-state index is -0.324. The number of halogens is 1. The lowest BCUT2D eigenvalue weighted by molar-refractivity contribution is -0.120. The van der Waals surface area contributed by atoms with Gasteiger partial charge in [0, 0.05) is 17.6 Å². The Kier molecular flexibility index (Phi) is 4.93. The molecule has 25 heavy (non-hydrogen) atoms. The van der Waals surface area contributed by atoms with Gasteiger partial charge in [-0.25, -0.2) is 4.39 Å². The zero-order chi connectivity index (χ0) is 17.8. The normalized spacial score (nSPS) is 10.8. The summed E-state index contributed by atoms with van der Waals surface area (Å²) >= 11 is 0. The number of aryl methyl sites for hydroxylation is 1. The van der Waals surface area contributed by atoms with Crippen LogP contribution in [-0.2, 0) is 17.6 Å². The summed E-state index contributed by atoms with van der Waals surface area (Å²) in [6.07, 6.45) is 0.641. The zero-order valence-corrected chi connectivity index (χ0v) is 13.9. The first-order valence-corrected chi connectivity index (χ1v) is 8.15. The Bertz CT molecular complexity index is 962. The molecule has 0 unspecified atom stereocenters. The average molecular weight is 338 g/mol. The van der Waals surface area contributed by atoms with E-state index in [2.05, 4.69) is 10.3 Å². The van der Waals surface area contributed by atoms with Crippen LogP contribution in [0.4, 0.5) is 4.39 Å². The van der Waals surface area contributed by atoms with E-state index in [0.29, 0.717) is 18.5 Å². The summed E-state index contributed by atoms with van der Waals surface area (Å²) in [6.45, 7) is 2.35. The number of rotatable bonds is 5. The molecule has 1 aromatic heterocycles. The minimum absolute atomic E-state index is 0.133. The summed E-state index contributed by atoms with van der Waals surface area (Å²) < 4.78 is 12.9. The van der Waals surface area contributed by atoms with Crippen molar-refractivity contribution in [3.05, 3.63) is 81.4 Å². The van der Waals surface area contributed by atoms with Crippen molar-refractivity contribution in [2.24, 2.45) is 0 Å². The fraction of sp³-hybridized carbons (Fsp3) is 0.200. The Morgan fingerprint density at radius 2 is 1.88 bits per heavy atom. The third-order valence-corrected chi connectivity index (χ3v) is 4.07. The van der Waals surface area contributed by atoms with Crippen LogP contribution >= 0.6 is 0 Å². The number of H-pyrrole nitrogens is 1. The quantitative estimate of drug-likeness (QED) is 0.751. The van der Waals surface area contributed by atoms with Gasteiger partial charge in [-0.05, 0) is 54.1 Å². The second-order valence-corrected chi connectivity index (χ2v) is 6.12. The van der Waals surface area contributed by atoms with Gasteiger partial charge in [0.1, 0.15) is 5.82 Å². The molecular weight excluding hydrogens is 319 g/mol. The first-order chi connectivity index (χ1) is 12.0. The van der Waals surface area contributed by atoms with Crippen molar-refractivity contribution in [2.75, 3.05) is 6.54 Å². The molecule has 3 aromatic rings. The highest BCUT2D eigenvalue weighted by atomic mass is 19.1. The van der Waals surface area contributed by atoms with Crippen LogP contribution in [0.2, 0.25) is 0 Å². The van der Waals surface area contributed by atoms with Gasteiger partial charge in [-0.2, -0.15) is 0 Å². The molecule has 0 bridgehead atoms. The molecule has 0 aliphatic carbocycles. The van der Waals surface area contributed by atoms with E-state index in [4.69, 9.17) is 0 Å². The maximum absolute atomic E-state index is 12.9. The lowest BCUT2D eigenvalue weighted by Gasteiger charge is -2.07. The van der Waals surface area contributed by atoms with Crippen molar-refractivity contribution in [2.45, 2.75) is 19.8 Å². The number of nitrogens with one attached hydrogen (secondary N) is 2. The van der Waals surface area contributed by atoms with Crippen LogP contribution in [0, 0.1) is 12.7 Å². The fourth-order valence-electron chi connectivity index (χ4n) is 2.73. The van der Waals surface area contributed by atoms with Crippen molar-refractivity contribution in [3.8, 4) is 0 Å². The van der Waals surface area contributed by atoms with Crippen LogP contribution in [0.3, 0.4) is 0 Å². The van der Waals surface area contributed by atoms with Gasteiger partial charge < -0.3 is 10.3 Å².